The second kappa shape index (κ2) is 55.0. The average molecular weight is 1750 g/mol. The van der Waals surface area contributed by atoms with Crippen molar-refractivity contribution in [2.45, 2.75) is 227 Å². The van der Waals surface area contributed by atoms with E-state index in [0.717, 1.165) is 11.8 Å². The van der Waals surface area contributed by atoms with Gasteiger partial charge in [-0.1, -0.05) is 69.7 Å². The molecule has 1 unspecified atom stereocenters. The average Bonchev–Trinajstić information content (AvgIpc) is 1.06. The van der Waals surface area contributed by atoms with Crippen LogP contribution in [0.2, 0.25) is 0 Å². The Morgan fingerprint density at radius 1 is 0.574 bits per heavy atom. The number of aliphatic hydroxyl groups excluding tert-OH is 5. The molecule has 1 aromatic carbocycles. The fourth-order valence-corrected chi connectivity index (χ4v) is 11.8. The third-order valence-electron chi connectivity index (χ3n) is 18.9. The van der Waals surface area contributed by atoms with Crippen LogP contribution in [0.1, 0.15) is 123 Å². The Balaban J connectivity index is 0.00000687. The summed E-state index contributed by atoms with van der Waals surface area (Å²) in [6.07, 6.45) is -16.7. The van der Waals surface area contributed by atoms with Crippen LogP contribution >= 0.6 is 0 Å². The van der Waals surface area contributed by atoms with Crippen molar-refractivity contribution >= 4 is 107 Å². The molecule has 49 heteroatoms. The molecular weight excluding hydrogens is 1640 g/mol. The number of carbonyl (C=O) groups is 18. The molecule has 3 rings (SSSR count). The molecule has 14 amide bonds. The molecule has 1 aromatic rings. The number of carboxylic acids is 4. The van der Waals surface area contributed by atoms with Crippen molar-refractivity contribution in [3.05, 3.63) is 48.0 Å². The zero-order valence-electron chi connectivity index (χ0n) is 67.5. The minimum absolute atomic E-state index is 0.0366. The lowest BCUT2D eigenvalue weighted by Crippen LogP contribution is -2.60. The Morgan fingerprint density at radius 3 is 1.53 bits per heavy atom. The van der Waals surface area contributed by atoms with Gasteiger partial charge < -0.3 is 147 Å². The predicted octanol–water partition coefficient (Wildman–Crippen LogP) is -9.09. The summed E-state index contributed by atoms with van der Waals surface area (Å²) in [5.41, 5.74) is 23.1. The highest BCUT2D eigenvalue weighted by atomic mass is 19.4. The lowest BCUT2D eigenvalue weighted by molar-refractivity contribution is -0.310. The second-order valence-corrected chi connectivity index (χ2v) is 28.5. The minimum Gasteiger partial charge on any atom is -0.481 e. The molecule has 2 heterocycles. The van der Waals surface area contributed by atoms with Crippen LogP contribution < -0.4 is 86.7 Å². The molecular formula is C73H114F3N17O29. The number of rotatable bonds is 53. The fourth-order valence-electron chi connectivity index (χ4n) is 11.8. The Labute approximate surface area is 697 Å². The molecule has 0 aliphatic carbocycles. The summed E-state index contributed by atoms with van der Waals surface area (Å²) in [7, 11) is 0. The minimum atomic E-state index is -5.08. The molecule has 0 spiro atoms. The highest BCUT2D eigenvalue weighted by Crippen LogP contribution is 2.25. The van der Waals surface area contributed by atoms with Crippen LogP contribution in [0.25, 0.3) is 0 Å². The molecule has 46 nitrogen and oxygen atoms in total. The molecule has 0 aromatic heterocycles. The molecule has 2 aliphatic heterocycles. The number of nitrogens with zero attached hydrogens (tertiary/aromatic N) is 1. The first kappa shape index (κ1) is 107. The van der Waals surface area contributed by atoms with Crippen LogP contribution in [0, 0.1) is 11.8 Å². The van der Waals surface area contributed by atoms with Gasteiger partial charge in [-0.25, -0.2) is 9.59 Å². The van der Waals surface area contributed by atoms with Crippen molar-refractivity contribution in [2.24, 2.45) is 34.8 Å². The van der Waals surface area contributed by atoms with Crippen LogP contribution in [0.15, 0.2) is 42.5 Å². The number of primary amides is 1. The van der Waals surface area contributed by atoms with Gasteiger partial charge in [0.2, 0.25) is 82.7 Å². The third-order valence-corrected chi connectivity index (χ3v) is 18.9. The highest BCUT2D eigenvalue weighted by Gasteiger charge is 2.46. The first-order valence-electron chi connectivity index (χ1n) is 38.8. The number of halogens is 3. The van der Waals surface area contributed by atoms with Gasteiger partial charge in [0, 0.05) is 44.8 Å². The maximum absolute atomic E-state index is 14.5. The van der Waals surface area contributed by atoms with E-state index in [0.29, 0.717) is 18.4 Å². The Hall–Kier alpha value is -11.2. The smallest absolute Gasteiger partial charge is 0.481 e. The van der Waals surface area contributed by atoms with Gasteiger partial charge in [0.25, 0.3) is 0 Å². The van der Waals surface area contributed by atoms with E-state index >= 15 is 0 Å². The summed E-state index contributed by atoms with van der Waals surface area (Å²) >= 11 is 0. The number of aliphatic carboxylic acids is 4. The summed E-state index contributed by atoms with van der Waals surface area (Å²) in [5.74, 6) is -21.6. The van der Waals surface area contributed by atoms with Crippen LogP contribution in [-0.2, 0) is 102 Å². The number of alkyl halides is 3. The predicted molar refractivity (Wildman–Crippen MR) is 414 cm³/mol. The normalized spacial score (nSPS) is 19.2. The van der Waals surface area contributed by atoms with Gasteiger partial charge in [-0.15, -0.1) is 0 Å². The van der Waals surface area contributed by atoms with Crippen molar-refractivity contribution in [2.75, 3.05) is 59.0 Å². The molecule has 29 N–H and O–H groups in total. The van der Waals surface area contributed by atoms with Crippen LogP contribution in [0.4, 0.5) is 13.2 Å². The molecule has 0 saturated carbocycles. The van der Waals surface area contributed by atoms with E-state index in [4.69, 9.17) is 42.3 Å². The van der Waals surface area contributed by atoms with Crippen molar-refractivity contribution in [1.29, 1.82) is 0 Å². The molecule has 686 valence electrons. The zero-order chi connectivity index (χ0) is 92.3. The lowest BCUT2D eigenvalue weighted by Gasteiger charge is -2.40. The number of hydrogen-bond acceptors (Lipinski definition) is 28. The van der Waals surface area contributed by atoms with Gasteiger partial charge in [-0.2, -0.15) is 13.2 Å². The Morgan fingerprint density at radius 2 is 1.06 bits per heavy atom. The quantitative estimate of drug-likeness (QED) is 0.0213. The number of amides is 14. The van der Waals surface area contributed by atoms with E-state index in [9.17, 15) is 136 Å². The summed E-state index contributed by atoms with van der Waals surface area (Å²) in [6.45, 7) is 1.63. The number of ether oxygens (including phenoxy) is 2. The molecule has 0 radical (unpaired) electrons. The fraction of sp³-hybridized carbons (Fsp3) is 0.644. The Bertz CT molecular complexity index is 3720. The maximum atomic E-state index is 14.5. The van der Waals surface area contributed by atoms with Gasteiger partial charge in [-0.3, -0.25) is 76.7 Å². The number of likely N-dealkylation sites (tertiary alicyclic amines) is 1. The number of nitrogens with one attached hydrogen (secondary N) is 12. The number of nitrogens with two attached hydrogens (primary N) is 4. The lowest BCUT2D eigenvalue weighted by atomic mass is 9.97. The molecule has 122 heavy (non-hydrogen) atoms. The number of hydrogen-bond donors (Lipinski definition) is 25. The zero-order valence-corrected chi connectivity index (χ0v) is 67.5. The van der Waals surface area contributed by atoms with Gasteiger partial charge in [0.15, 0.2) is 12.3 Å². The summed E-state index contributed by atoms with van der Waals surface area (Å²) in [5, 5.41) is 115. The van der Waals surface area contributed by atoms with Crippen LogP contribution in [-0.4, -0.2) is 320 Å². The van der Waals surface area contributed by atoms with Crippen molar-refractivity contribution in [1.82, 2.24) is 68.7 Å². The number of carboxylic acid groups (broad SMARTS) is 4. The van der Waals surface area contributed by atoms with Crippen molar-refractivity contribution in [3.8, 4) is 0 Å². The molecule has 18 atom stereocenters. The standard InChI is InChI=1S/C71H113N17O27.C2HF3O2/c1-5-36(2)41(80-51(92)30-74)18-16-37(3)62(104)76-31-54(95)83-47(28-39-12-7-6-8-13-39)68(110)85-43(19-17-40(29-73)114-71-61(103)60(102)59(101)49(35-89)115-71)64(106)78-33-52(93)81-45(21-24-56(97)98)66(108)84-44(20-23-50(75)91)65(107)79-34-55(96)88-27-11-15-48(88)69(111)86-42(14-9-10-26-72)63(105)77-32-53(94)82-46(22-25-57(99)100)67(109)87-58(38(4)90)70(112)113;3-2(4,5)1(6)7/h6-8,12-13,16,18,36-38,40-49,58-61,71,89-90,101-103H,5,9-11,14-15,17,19-35,72-74H2,1-4H3,(H2,75,91)(H,76,104)(H,77,105)(H,78,106)(H,79,107)(H,80,92)(H,81,93)(H,82,94)(H,83,95)(H,84,108)(H,85,110)(H,86,111)(H,87,109)(H,97,98)(H,99,100)(H,112,113);(H,6,7)/b18-16+;/t36-,37+,38+,40+,41+,42-,43?,44-,45-,46-,47-,48-,49+,58-,59-,60-,61+,71+;/m0./s1. The number of benzene rings is 1. The molecule has 0 bridgehead atoms. The van der Waals surface area contributed by atoms with E-state index < -0.39 is 294 Å². The van der Waals surface area contributed by atoms with Gasteiger partial charge in [-0.05, 0) is 89.2 Å². The van der Waals surface area contributed by atoms with E-state index in [1.54, 1.807) is 36.4 Å². The SMILES string of the molecule is CC[C@H](C)[C@@H](/C=C/[C@@H](C)C(=O)NCC(=O)N[C@@H](Cc1ccccc1)C(=O)NC(CC[C@H](CN)O[C@@H]1O[C@H](CO)[C@H](O)[C@H](O)[C@H]1O)C(=O)NCC(=O)N[C@@H](CCC(=O)O)C(=O)N[C@@H](CCC(N)=O)C(=O)NCC(=O)N1CCC[C@H]1C(=O)N[C@@H](CCCCN)C(=O)NCC(=O)N[C@@H](CCC(=O)O)C(=O)N[C@H](C(=O)O)[C@@H](C)O)NC(=O)CN.O=C(O)C(F)(F)F. The molecule has 2 fully saturated rings. The number of unbranched alkanes of at least 4 members (excludes halogenated alkanes) is 1. The van der Waals surface area contributed by atoms with E-state index in [-0.39, 0.29) is 70.6 Å². The topological polar surface area (TPSA) is 759 Å². The maximum Gasteiger partial charge on any atom is 0.490 e. The first-order valence-corrected chi connectivity index (χ1v) is 38.8. The van der Waals surface area contributed by atoms with E-state index in [1.165, 1.54) is 13.0 Å². The summed E-state index contributed by atoms with van der Waals surface area (Å²) in [6, 6.07) is -5.20. The highest BCUT2D eigenvalue weighted by molar-refractivity contribution is 5.99. The largest absolute Gasteiger partial charge is 0.490 e. The first-order chi connectivity index (χ1) is 57.3. The van der Waals surface area contributed by atoms with Crippen molar-refractivity contribution in [3.63, 3.8) is 0 Å². The Kier molecular flexibility index (Phi) is 48.1. The number of carbonyl (C=O) groups excluding carboxylic acids is 14. The summed E-state index contributed by atoms with van der Waals surface area (Å²) < 4.78 is 43.0. The van der Waals surface area contributed by atoms with Crippen LogP contribution in [0.5, 0.6) is 0 Å². The van der Waals surface area contributed by atoms with Crippen molar-refractivity contribution < 1.29 is 155 Å². The second-order valence-electron chi connectivity index (χ2n) is 28.5. The van der Waals surface area contributed by atoms with E-state index in [2.05, 4.69) is 58.5 Å². The number of aliphatic hydroxyl groups is 5. The molecule has 2 saturated heterocycles. The third kappa shape index (κ3) is 39.6. The van der Waals surface area contributed by atoms with Crippen LogP contribution in [0.3, 0.4) is 0 Å². The van der Waals surface area contributed by atoms with Gasteiger partial charge >= 0.3 is 30.1 Å². The van der Waals surface area contributed by atoms with Gasteiger partial charge in [0.1, 0.15) is 66.7 Å². The monoisotopic (exact) mass is 1750 g/mol. The van der Waals surface area contributed by atoms with E-state index in [1.807, 2.05) is 19.2 Å². The molecule has 2 aliphatic rings. The van der Waals surface area contributed by atoms with Gasteiger partial charge in [0.05, 0.1) is 57.5 Å². The summed E-state index contributed by atoms with van der Waals surface area (Å²) in [4.78, 5) is 234.